The topological polar surface area (TPSA) is 73.6 Å². The second-order valence-corrected chi connectivity index (χ2v) is 8.37. The van der Waals surface area contributed by atoms with Gasteiger partial charge in [-0.2, -0.15) is 0 Å². The van der Waals surface area contributed by atoms with Crippen LogP contribution in [0.4, 0.5) is 4.39 Å². The molecule has 1 heterocycles. The highest BCUT2D eigenvalue weighted by Crippen LogP contribution is 2.45. The highest BCUT2D eigenvalue weighted by atomic mass is 19.1. The van der Waals surface area contributed by atoms with Crippen molar-refractivity contribution in [2.45, 2.75) is 50.7 Å². The molecule has 5 heteroatoms. The van der Waals surface area contributed by atoms with Crippen molar-refractivity contribution in [2.24, 2.45) is 0 Å². The number of pyridine rings is 1. The zero-order valence-electron chi connectivity index (χ0n) is 17.6. The molecule has 1 aliphatic carbocycles. The van der Waals surface area contributed by atoms with Gasteiger partial charge in [-0.3, -0.25) is 4.98 Å². The fourth-order valence-corrected chi connectivity index (χ4v) is 4.06. The Kier molecular flexibility index (Phi) is 6.46. The second kappa shape index (κ2) is 9.27. The molecule has 1 saturated carbocycles. The van der Waals surface area contributed by atoms with Crippen molar-refractivity contribution in [1.29, 1.82) is 0 Å². The minimum atomic E-state index is -0.845. The molecule has 2 atom stereocenters. The van der Waals surface area contributed by atoms with E-state index in [1.165, 1.54) is 12.1 Å². The van der Waals surface area contributed by atoms with Crippen LogP contribution in [0.5, 0.6) is 0 Å². The number of halogens is 1. The zero-order valence-corrected chi connectivity index (χ0v) is 17.6. The zero-order chi connectivity index (χ0) is 22.0. The summed E-state index contributed by atoms with van der Waals surface area (Å²) < 4.78 is 13.6. The van der Waals surface area contributed by atoms with Gasteiger partial charge in [-0.25, -0.2) is 4.39 Å². The van der Waals surface area contributed by atoms with E-state index in [9.17, 15) is 14.6 Å². The molecule has 0 saturated heterocycles. The van der Waals surface area contributed by atoms with E-state index >= 15 is 0 Å². The quantitative estimate of drug-likeness (QED) is 0.491. The Morgan fingerprint density at radius 1 is 1.13 bits per heavy atom. The summed E-state index contributed by atoms with van der Waals surface area (Å²) in [6.07, 6.45) is 4.50. The highest BCUT2D eigenvalue weighted by molar-refractivity contribution is 6.00. The molecule has 4 rings (SSSR count). The maximum atomic E-state index is 13.6. The van der Waals surface area contributed by atoms with Crippen LogP contribution in [0.25, 0.3) is 28.1 Å². The standard InChI is InChI=1S/C26H28FNO3/c1-16-3-2-4-22-24(17-7-9-19(27)10-8-17)23(26(18-5-6-18)28-25(16)22)12-11-20(30)15-21(31)13-14-29/h2-4,7-12,18,20-21,29-31H,5-6,13-15H2,1H3/b12-11+. The van der Waals surface area contributed by atoms with Crippen LogP contribution >= 0.6 is 0 Å². The highest BCUT2D eigenvalue weighted by Gasteiger charge is 2.30. The van der Waals surface area contributed by atoms with E-state index in [4.69, 9.17) is 10.1 Å². The number of rotatable bonds is 8. The Hall–Kier alpha value is -2.60. The van der Waals surface area contributed by atoms with Crippen molar-refractivity contribution in [3.05, 3.63) is 71.2 Å². The fraction of sp³-hybridized carbons (Fsp3) is 0.346. The number of hydrogen-bond donors (Lipinski definition) is 3. The lowest BCUT2D eigenvalue weighted by atomic mass is 9.91. The van der Waals surface area contributed by atoms with Crippen molar-refractivity contribution < 1.29 is 19.7 Å². The third kappa shape index (κ3) is 4.85. The molecule has 0 spiro atoms. The monoisotopic (exact) mass is 421 g/mol. The average Bonchev–Trinajstić information content (AvgIpc) is 3.58. The summed E-state index contributed by atoms with van der Waals surface area (Å²) >= 11 is 0. The molecular weight excluding hydrogens is 393 g/mol. The molecule has 0 amide bonds. The van der Waals surface area contributed by atoms with Crippen LogP contribution in [-0.4, -0.2) is 39.1 Å². The van der Waals surface area contributed by atoms with E-state index in [0.29, 0.717) is 5.92 Å². The first-order valence-corrected chi connectivity index (χ1v) is 10.8. The van der Waals surface area contributed by atoms with E-state index in [2.05, 4.69) is 0 Å². The molecule has 31 heavy (non-hydrogen) atoms. The lowest BCUT2D eigenvalue weighted by molar-refractivity contribution is 0.0827. The fourth-order valence-electron chi connectivity index (χ4n) is 4.06. The third-order valence-corrected chi connectivity index (χ3v) is 5.84. The summed E-state index contributed by atoms with van der Waals surface area (Å²) in [6, 6.07) is 12.6. The first-order chi connectivity index (χ1) is 15.0. The van der Waals surface area contributed by atoms with Gasteiger partial charge in [-0.05, 0) is 49.4 Å². The minimum Gasteiger partial charge on any atom is -0.396 e. The normalized spacial score (nSPS) is 16.2. The maximum absolute atomic E-state index is 13.6. The Morgan fingerprint density at radius 2 is 1.87 bits per heavy atom. The lowest BCUT2D eigenvalue weighted by Crippen LogP contribution is -2.17. The summed E-state index contributed by atoms with van der Waals surface area (Å²) in [4.78, 5) is 5.02. The van der Waals surface area contributed by atoms with Crippen LogP contribution in [0.3, 0.4) is 0 Å². The van der Waals surface area contributed by atoms with Crippen molar-refractivity contribution in [3.63, 3.8) is 0 Å². The maximum Gasteiger partial charge on any atom is 0.123 e. The molecule has 4 nitrogen and oxygen atoms in total. The molecule has 2 unspecified atom stereocenters. The number of aromatic nitrogens is 1. The number of hydrogen-bond acceptors (Lipinski definition) is 4. The van der Waals surface area contributed by atoms with Crippen molar-refractivity contribution >= 4 is 17.0 Å². The molecule has 1 aromatic heterocycles. The predicted octanol–water partition coefficient (Wildman–Crippen LogP) is 4.73. The average molecular weight is 422 g/mol. The second-order valence-electron chi connectivity index (χ2n) is 8.37. The molecule has 0 aliphatic heterocycles. The molecule has 0 radical (unpaired) electrons. The molecule has 3 aromatic rings. The van der Waals surface area contributed by atoms with Crippen LogP contribution < -0.4 is 0 Å². The Bertz CT molecular complexity index is 1090. The van der Waals surface area contributed by atoms with Gasteiger partial charge in [0.1, 0.15) is 5.82 Å². The smallest absolute Gasteiger partial charge is 0.123 e. The van der Waals surface area contributed by atoms with Gasteiger partial charge in [0.05, 0.1) is 23.4 Å². The summed E-state index contributed by atoms with van der Waals surface area (Å²) in [5.41, 5.74) is 5.85. The van der Waals surface area contributed by atoms with Crippen molar-refractivity contribution in [3.8, 4) is 11.1 Å². The summed E-state index contributed by atoms with van der Waals surface area (Å²) in [6.45, 7) is 1.92. The number of fused-ring (bicyclic) bond motifs is 1. The molecule has 162 valence electrons. The van der Waals surface area contributed by atoms with E-state index in [0.717, 1.165) is 51.7 Å². The van der Waals surface area contributed by atoms with Gasteiger partial charge in [0.15, 0.2) is 0 Å². The van der Waals surface area contributed by atoms with Crippen LogP contribution in [0, 0.1) is 12.7 Å². The first kappa shape index (κ1) is 21.6. The van der Waals surface area contributed by atoms with Crippen LogP contribution in [0.2, 0.25) is 0 Å². The van der Waals surface area contributed by atoms with Gasteiger partial charge in [0.25, 0.3) is 0 Å². The molecule has 3 N–H and O–H groups in total. The molecule has 1 fully saturated rings. The van der Waals surface area contributed by atoms with Crippen LogP contribution in [0.15, 0.2) is 48.5 Å². The number of para-hydroxylation sites is 1. The van der Waals surface area contributed by atoms with Crippen LogP contribution in [-0.2, 0) is 0 Å². The molecular formula is C26H28FNO3. The predicted molar refractivity (Wildman–Crippen MR) is 121 cm³/mol. The summed E-state index contributed by atoms with van der Waals surface area (Å²) in [5, 5.41) is 30.3. The van der Waals surface area contributed by atoms with Crippen LogP contribution in [0.1, 0.15) is 48.4 Å². The number of nitrogens with zero attached hydrogens (tertiary/aromatic N) is 1. The van der Waals surface area contributed by atoms with Gasteiger partial charge in [0.2, 0.25) is 0 Å². The van der Waals surface area contributed by atoms with Gasteiger partial charge < -0.3 is 15.3 Å². The Balaban J connectivity index is 1.86. The molecule has 1 aliphatic rings. The molecule has 2 aromatic carbocycles. The van der Waals surface area contributed by atoms with E-state index in [-0.39, 0.29) is 25.3 Å². The SMILES string of the molecule is Cc1cccc2c(-c3ccc(F)cc3)c(/C=C/C(O)CC(O)CCO)c(C3CC3)nc12. The van der Waals surface area contributed by atoms with Gasteiger partial charge in [-0.15, -0.1) is 0 Å². The van der Waals surface area contributed by atoms with Gasteiger partial charge in [0, 0.05) is 35.5 Å². The van der Waals surface area contributed by atoms with E-state index in [1.807, 2.05) is 31.2 Å². The van der Waals surface area contributed by atoms with Gasteiger partial charge in [-0.1, -0.05) is 42.5 Å². The summed E-state index contributed by atoms with van der Waals surface area (Å²) in [5.74, 6) is 0.0890. The number of aliphatic hydroxyl groups excluding tert-OH is 3. The number of benzene rings is 2. The lowest BCUT2D eigenvalue weighted by Gasteiger charge is -2.17. The van der Waals surface area contributed by atoms with Crippen molar-refractivity contribution in [2.75, 3.05) is 6.61 Å². The van der Waals surface area contributed by atoms with Gasteiger partial charge >= 0.3 is 0 Å². The molecule has 0 bridgehead atoms. The number of aryl methyl sites for hydroxylation is 1. The van der Waals surface area contributed by atoms with E-state index in [1.54, 1.807) is 18.2 Å². The Labute approximate surface area is 181 Å². The first-order valence-electron chi connectivity index (χ1n) is 10.8. The minimum absolute atomic E-state index is 0.119. The van der Waals surface area contributed by atoms with E-state index < -0.39 is 12.2 Å². The summed E-state index contributed by atoms with van der Waals surface area (Å²) in [7, 11) is 0. The number of aliphatic hydroxyl groups is 3. The Morgan fingerprint density at radius 3 is 2.55 bits per heavy atom. The third-order valence-electron chi connectivity index (χ3n) is 5.84. The largest absolute Gasteiger partial charge is 0.396 e. The van der Waals surface area contributed by atoms with Crippen molar-refractivity contribution in [1.82, 2.24) is 4.98 Å².